The molecule has 3 heteroatoms. The van der Waals surface area contributed by atoms with Crippen LogP contribution in [0.25, 0.3) is 33.1 Å². The van der Waals surface area contributed by atoms with Gasteiger partial charge in [0.05, 0.1) is 11.2 Å². The maximum absolute atomic E-state index is 9.84. The van der Waals surface area contributed by atoms with E-state index in [0.717, 1.165) is 33.1 Å². The van der Waals surface area contributed by atoms with Crippen molar-refractivity contribution in [1.82, 2.24) is 4.98 Å². The lowest BCUT2D eigenvalue weighted by molar-refractivity contribution is 0.172. The molecule has 2 aromatic carbocycles. The molecular formula is C19H15NO2. The molecule has 2 aromatic heterocycles. The van der Waals surface area contributed by atoms with Gasteiger partial charge in [0.1, 0.15) is 17.4 Å². The summed E-state index contributed by atoms with van der Waals surface area (Å²) in [5.74, 6) is 0.560. The lowest BCUT2D eigenvalue weighted by Gasteiger charge is -2.05. The molecule has 0 aliphatic heterocycles. The number of aliphatic hydroxyl groups is 1. The van der Waals surface area contributed by atoms with Crippen LogP contribution < -0.4 is 0 Å². The monoisotopic (exact) mass is 289 g/mol. The molecule has 0 radical (unpaired) electrons. The van der Waals surface area contributed by atoms with E-state index in [0.29, 0.717) is 5.76 Å². The van der Waals surface area contributed by atoms with Gasteiger partial charge >= 0.3 is 0 Å². The van der Waals surface area contributed by atoms with Crippen LogP contribution in [0, 0.1) is 0 Å². The van der Waals surface area contributed by atoms with Gasteiger partial charge in [-0.2, -0.15) is 0 Å². The van der Waals surface area contributed by atoms with E-state index >= 15 is 0 Å². The zero-order valence-corrected chi connectivity index (χ0v) is 12.2. The van der Waals surface area contributed by atoms with Crippen molar-refractivity contribution in [3.63, 3.8) is 0 Å². The summed E-state index contributed by atoms with van der Waals surface area (Å²) in [6, 6.07) is 19.8. The minimum Gasteiger partial charge on any atom is -0.458 e. The number of pyridine rings is 1. The standard InChI is InChI=1S/C19H15NO2/c1-12(21)17-11-15-18(13-7-3-2-4-8-13)20-16-10-6-5-9-14(16)19(15)22-17/h2-12,21H,1H3. The van der Waals surface area contributed by atoms with Gasteiger partial charge in [-0.15, -0.1) is 0 Å². The number of aromatic nitrogens is 1. The molecule has 22 heavy (non-hydrogen) atoms. The highest BCUT2D eigenvalue weighted by Crippen LogP contribution is 2.35. The first-order valence-electron chi connectivity index (χ1n) is 7.30. The van der Waals surface area contributed by atoms with Crippen molar-refractivity contribution in [2.45, 2.75) is 13.0 Å². The second-order valence-corrected chi connectivity index (χ2v) is 5.41. The first kappa shape index (κ1) is 13.0. The van der Waals surface area contributed by atoms with E-state index in [2.05, 4.69) is 0 Å². The molecule has 108 valence electrons. The minimum atomic E-state index is -0.644. The van der Waals surface area contributed by atoms with Crippen molar-refractivity contribution in [3.8, 4) is 11.3 Å². The smallest absolute Gasteiger partial charge is 0.146 e. The predicted molar refractivity (Wildman–Crippen MR) is 87.6 cm³/mol. The van der Waals surface area contributed by atoms with Crippen LogP contribution in [-0.2, 0) is 0 Å². The summed E-state index contributed by atoms with van der Waals surface area (Å²) in [4.78, 5) is 4.80. The van der Waals surface area contributed by atoms with Crippen molar-refractivity contribution in [1.29, 1.82) is 0 Å². The Hall–Kier alpha value is -2.65. The van der Waals surface area contributed by atoms with Crippen LogP contribution in [0.4, 0.5) is 0 Å². The number of rotatable bonds is 2. The largest absolute Gasteiger partial charge is 0.458 e. The lowest BCUT2D eigenvalue weighted by atomic mass is 10.0. The summed E-state index contributed by atoms with van der Waals surface area (Å²) in [5.41, 5.74) is 3.59. The average Bonchev–Trinajstić information content (AvgIpc) is 3.01. The highest BCUT2D eigenvalue weighted by atomic mass is 16.4. The lowest BCUT2D eigenvalue weighted by Crippen LogP contribution is -1.87. The Morgan fingerprint density at radius 3 is 2.45 bits per heavy atom. The molecule has 0 amide bonds. The number of aliphatic hydroxyl groups excluding tert-OH is 1. The van der Waals surface area contributed by atoms with Crippen LogP contribution in [0.1, 0.15) is 18.8 Å². The second-order valence-electron chi connectivity index (χ2n) is 5.41. The van der Waals surface area contributed by atoms with Crippen molar-refractivity contribution >= 4 is 21.9 Å². The van der Waals surface area contributed by atoms with Crippen LogP contribution in [0.5, 0.6) is 0 Å². The number of hydrogen-bond donors (Lipinski definition) is 1. The van der Waals surface area contributed by atoms with Crippen molar-refractivity contribution < 1.29 is 9.52 Å². The molecule has 2 heterocycles. The van der Waals surface area contributed by atoms with Gasteiger partial charge in [-0.05, 0) is 25.1 Å². The van der Waals surface area contributed by atoms with Gasteiger partial charge in [-0.25, -0.2) is 4.98 Å². The van der Waals surface area contributed by atoms with Crippen molar-refractivity contribution in [2.75, 3.05) is 0 Å². The van der Waals surface area contributed by atoms with Gasteiger partial charge in [0, 0.05) is 16.3 Å². The Labute approximate surface area is 127 Å². The van der Waals surface area contributed by atoms with Crippen LogP contribution in [-0.4, -0.2) is 10.1 Å². The van der Waals surface area contributed by atoms with E-state index in [1.807, 2.05) is 60.7 Å². The summed E-state index contributed by atoms with van der Waals surface area (Å²) in [6.45, 7) is 1.70. The molecule has 0 aliphatic rings. The zero-order valence-electron chi connectivity index (χ0n) is 12.2. The summed E-state index contributed by atoms with van der Waals surface area (Å²) in [5, 5.41) is 11.7. The summed E-state index contributed by atoms with van der Waals surface area (Å²) < 4.78 is 5.91. The van der Waals surface area contributed by atoms with Crippen LogP contribution >= 0.6 is 0 Å². The number of fused-ring (bicyclic) bond motifs is 3. The van der Waals surface area contributed by atoms with Gasteiger partial charge in [0.15, 0.2) is 0 Å². The summed E-state index contributed by atoms with van der Waals surface area (Å²) >= 11 is 0. The number of nitrogens with zero attached hydrogens (tertiary/aromatic N) is 1. The van der Waals surface area contributed by atoms with E-state index in [-0.39, 0.29) is 0 Å². The first-order valence-corrected chi connectivity index (χ1v) is 7.30. The predicted octanol–water partition coefficient (Wildman–Crippen LogP) is 4.70. The van der Waals surface area contributed by atoms with Gasteiger partial charge < -0.3 is 9.52 Å². The third kappa shape index (κ3) is 1.98. The second kappa shape index (κ2) is 4.97. The maximum Gasteiger partial charge on any atom is 0.146 e. The molecule has 1 unspecified atom stereocenters. The Balaban J connectivity index is 2.14. The molecule has 1 N–H and O–H groups in total. The molecule has 0 saturated carbocycles. The number of hydrogen-bond acceptors (Lipinski definition) is 3. The van der Waals surface area contributed by atoms with Crippen molar-refractivity contribution in [3.05, 3.63) is 66.4 Å². The molecule has 1 atom stereocenters. The molecular weight excluding hydrogens is 274 g/mol. The third-order valence-electron chi connectivity index (χ3n) is 3.85. The molecule has 3 nitrogen and oxygen atoms in total. The first-order chi connectivity index (χ1) is 10.7. The van der Waals surface area contributed by atoms with E-state index in [1.54, 1.807) is 6.92 Å². The fraction of sp³-hybridized carbons (Fsp3) is 0.105. The van der Waals surface area contributed by atoms with Crippen LogP contribution in [0.15, 0.2) is 65.1 Å². The molecule has 0 fully saturated rings. The maximum atomic E-state index is 9.84. The Bertz CT molecular complexity index is 955. The fourth-order valence-corrected chi connectivity index (χ4v) is 2.75. The fourth-order valence-electron chi connectivity index (χ4n) is 2.75. The van der Waals surface area contributed by atoms with Gasteiger partial charge in [-0.1, -0.05) is 42.5 Å². The van der Waals surface area contributed by atoms with Gasteiger partial charge in [0.25, 0.3) is 0 Å². The minimum absolute atomic E-state index is 0.560. The Kier molecular flexibility index (Phi) is 2.94. The number of benzene rings is 2. The summed E-state index contributed by atoms with van der Waals surface area (Å²) in [6.07, 6.45) is -0.644. The number of furan rings is 1. The number of para-hydroxylation sites is 1. The zero-order chi connectivity index (χ0) is 15.1. The van der Waals surface area contributed by atoms with Crippen molar-refractivity contribution in [2.24, 2.45) is 0 Å². The van der Waals surface area contributed by atoms with Gasteiger partial charge in [0.2, 0.25) is 0 Å². The molecule has 0 bridgehead atoms. The highest BCUT2D eigenvalue weighted by molar-refractivity contribution is 6.08. The van der Waals surface area contributed by atoms with E-state index in [4.69, 9.17) is 9.40 Å². The molecule has 4 aromatic rings. The van der Waals surface area contributed by atoms with Gasteiger partial charge in [-0.3, -0.25) is 0 Å². The third-order valence-corrected chi connectivity index (χ3v) is 3.85. The molecule has 4 rings (SSSR count). The van der Waals surface area contributed by atoms with Crippen LogP contribution in [0.3, 0.4) is 0 Å². The van der Waals surface area contributed by atoms with Crippen LogP contribution in [0.2, 0.25) is 0 Å². The molecule has 0 saturated heterocycles. The SMILES string of the molecule is CC(O)c1cc2c(-c3ccccc3)nc3ccccc3c2o1. The van der Waals surface area contributed by atoms with E-state index < -0.39 is 6.10 Å². The quantitative estimate of drug-likeness (QED) is 0.581. The topological polar surface area (TPSA) is 46.3 Å². The van der Waals surface area contributed by atoms with E-state index in [9.17, 15) is 5.11 Å². The van der Waals surface area contributed by atoms with E-state index in [1.165, 1.54) is 0 Å². The molecule has 0 aliphatic carbocycles. The summed E-state index contributed by atoms with van der Waals surface area (Å²) in [7, 11) is 0. The Morgan fingerprint density at radius 1 is 0.955 bits per heavy atom. The average molecular weight is 289 g/mol. The highest BCUT2D eigenvalue weighted by Gasteiger charge is 2.16. The molecule has 0 spiro atoms. The Morgan fingerprint density at radius 2 is 1.68 bits per heavy atom. The normalized spacial score (nSPS) is 12.8.